The molecular formula is C17H20ClN3OS. The lowest BCUT2D eigenvalue weighted by Gasteiger charge is -2.34. The lowest BCUT2D eigenvalue weighted by Crippen LogP contribution is -2.49. The fraction of sp³-hybridized carbons (Fsp3) is 0.353. The molecule has 122 valence electrons. The Morgan fingerprint density at radius 3 is 2.91 bits per heavy atom. The van der Waals surface area contributed by atoms with Crippen LogP contribution < -0.4 is 10.6 Å². The molecule has 1 unspecified atom stereocenters. The van der Waals surface area contributed by atoms with Crippen LogP contribution >= 0.6 is 23.7 Å². The second-order valence-corrected chi connectivity index (χ2v) is 6.79. The van der Waals surface area contributed by atoms with E-state index in [9.17, 15) is 4.79 Å². The third kappa shape index (κ3) is 3.09. The Hall–Kier alpha value is -1.56. The summed E-state index contributed by atoms with van der Waals surface area (Å²) in [4.78, 5) is 15.8. The maximum absolute atomic E-state index is 12.4. The molecule has 2 aliphatic heterocycles. The molecule has 0 bridgehead atoms. The monoisotopic (exact) mass is 349 g/mol. The summed E-state index contributed by atoms with van der Waals surface area (Å²) in [6, 6.07) is 10.4. The fourth-order valence-corrected chi connectivity index (χ4v) is 4.26. The SMILES string of the molecule is Cl.O=C1NCCN(Cc2cccc3c2NCC3)C1c1cccs1. The molecule has 0 spiro atoms. The molecule has 23 heavy (non-hydrogen) atoms. The first-order chi connectivity index (χ1) is 10.8. The van der Waals surface area contributed by atoms with Gasteiger partial charge >= 0.3 is 0 Å². The molecule has 1 atom stereocenters. The van der Waals surface area contributed by atoms with E-state index in [1.54, 1.807) is 11.3 Å². The second-order valence-electron chi connectivity index (χ2n) is 5.81. The lowest BCUT2D eigenvalue weighted by atomic mass is 10.0. The highest BCUT2D eigenvalue weighted by molar-refractivity contribution is 7.10. The van der Waals surface area contributed by atoms with Gasteiger partial charge in [0.1, 0.15) is 6.04 Å². The normalized spacial score (nSPS) is 20.3. The maximum atomic E-state index is 12.4. The van der Waals surface area contributed by atoms with E-state index in [0.29, 0.717) is 0 Å². The molecule has 4 nitrogen and oxygen atoms in total. The van der Waals surface area contributed by atoms with E-state index >= 15 is 0 Å². The van der Waals surface area contributed by atoms with Crippen LogP contribution in [0.25, 0.3) is 0 Å². The van der Waals surface area contributed by atoms with Gasteiger partial charge in [0, 0.05) is 36.7 Å². The molecule has 2 N–H and O–H groups in total. The molecule has 1 aromatic carbocycles. The zero-order valence-corrected chi connectivity index (χ0v) is 14.4. The molecule has 0 aliphatic carbocycles. The van der Waals surface area contributed by atoms with Crippen LogP contribution in [0.15, 0.2) is 35.7 Å². The molecule has 1 amide bonds. The number of piperazine rings is 1. The molecule has 0 radical (unpaired) electrons. The zero-order chi connectivity index (χ0) is 14.9. The summed E-state index contributed by atoms with van der Waals surface area (Å²) < 4.78 is 0. The van der Waals surface area contributed by atoms with Crippen LogP contribution in [0.2, 0.25) is 0 Å². The van der Waals surface area contributed by atoms with Gasteiger partial charge in [-0.3, -0.25) is 9.69 Å². The number of rotatable bonds is 3. The summed E-state index contributed by atoms with van der Waals surface area (Å²) in [5.41, 5.74) is 3.97. The third-order valence-electron chi connectivity index (χ3n) is 4.43. The van der Waals surface area contributed by atoms with Gasteiger partial charge in [0.2, 0.25) is 5.91 Å². The Morgan fingerprint density at radius 1 is 1.17 bits per heavy atom. The first kappa shape index (κ1) is 16.3. The molecule has 6 heteroatoms. The van der Waals surface area contributed by atoms with Crippen molar-refractivity contribution in [3.63, 3.8) is 0 Å². The summed E-state index contributed by atoms with van der Waals surface area (Å²) in [5.74, 6) is 0.120. The average molecular weight is 350 g/mol. The first-order valence-corrected chi connectivity index (χ1v) is 8.61. The predicted octanol–water partition coefficient (Wildman–Crippen LogP) is 2.81. The summed E-state index contributed by atoms with van der Waals surface area (Å²) in [6.07, 6.45) is 1.10. The number of carbonyl (C=O) groups excluding carboxylic acids is 1. The number of nitrogens with one attached hydrogen (secondary N) is 2. The van der Waals surface area contributed by atoms with Crippen molar-refractivity contribution < 1.29 is 4.79 Å². The molecule has 3 heterocycles. The molecule has 4 rings (SSSR count). The second kappa shape index (κ2) is 6.91. The van der Waals surface area contributed by atoms with Gasteiger partial charge in [-0.15, -0.1) is 23.7 Å². The largest absolute Gasteiger partial charge is 0.384 e. The Labute approximate surface area is 146 Å². The van der Waals surface area contributed by atoms with E-state index in [0.717, 1.165) is 37.5 Å². The minimum Gasteiger partial charge on any atom is -0.384 e. The van der Waals surface area contributed by atoms with E-state index < -0.39 is 0 Å². The molecule has 1 saturated heterocycles. The van der Waals surface area contributed by atoms with Gasteiger partial charge in [-0.05, 0) is 29.0 Å². The van der Waals surface area contributed by atoms with Crippen molar-refractivity contribution in [2.45, 2.75) is 19.0 Å². The highest BCUT2D eigenvalue weighted by atomic mass is 35.5. The Kier molecular flexibility index (Phi) is 4.90. The first-order valence-electron chi connectivity index (χ1n) is 7.73. The van der Waals surface area contributed by atoms with Gasteiger partial charge in [0.05, 0.1) is 0 Å². The van der Waals surface area contributed by atoms with E-state index in [1.165, 1.54) is 16.8 Å². The number of halogens is 1. The van der Waals surface area contributed by atoms with E-state index in [1.807, 2.05) is 11.4 Å². The number of hydrogen-bond donors (Lipinski definition) is 2. The van der Waals surface area contributed by atoms with Crippen LogP contribution in [0.1, 0.15) is 22.0 Å². The third-order valence-corrected chi connectivity index (χ3v) is 5.36. The number of nitrogens with zero attached hydrogens (tertiary/aromatic N) is 1. The van der Waals surface area contributed by atoms with Crippen LogP contribution in [0.4, 0.5) is 5.69 Å². The van der Waals surface area contributed by atoms with Crippen LogP contribution in [-0.4, -0.2) is 30.4 Å². The summed E-state index contributed by atoms with van der Waals surface area (Å²) in [7, 11) is 0. The average Bonchev–Trinajstić information content (AvgIpc) is 3.19. The van der Waals surface area contributed by atoms with Gasteiger partial charge in [-0.1, -0.05) is 24.3 Å². The van der Waals surface area contributed by atoms with Gasteiger partial charge in [0.25, 0.3) is 0 Å². The number of para-hydroxylation sites is 1. The molecular weight excluding hydrogens is 330 g/mol. The minimum atomic E-state index is -0.161. The van der Waals surface area contributed by atoms with Gasteiger partial charge in [-0.25, -0.2) is 0 Å². The smallest absolute Gasteiger partial charge is 0.242 e. The van der Waals surface area contributed by atoms with Crippen molar-refractivity contribution in [3.8, 4) is 0 Å². The number of anilines is 1. The van der Waals surface area contributed by atoms with Crippen LogP contribution in [0.3, 0.4) is 0 Å². The van der Waals surface area contributed by atoms with Gasteiger partial charge < -0.3 is 10.6 Å². The maximum Gasteiger partial charge on any atom is 0.242 e. The number of benzene rings is 1. The van der Waals surface area contributed by atoms with Gasteiger partial charge in [-0.2, -0.15) is 0 Å². The summed E-state index contributed by atoms with van der Waals surface area (Å²) in [5, 5.41) is 8.53. The van der Waals surface area contributed by atoms with Crippen molar-refractivity contribution in [2.24, 2.45) is 0 Å². The number of fused-ring (bicyclic) bond motifs is 1. The van der Waals surface area contributed by atoms with Crippen molar-refractivity contribution in [2.75, 3.05) is 25.0 Å². The summed E-state index contributed by atoms with van der Waals surface area (Å²) >= 11 is 1.65. The molecule has 2 aliphatic rings. The Bertz CT molecular complexity index is 689. The molecule has 0 saturated carbocycles. The van der Waals surface area contributed by atoms with Crippen molar-refractivity contribution in [3.05, 3.63) is 51.7 Å². The summed E-state index contributed by atoms with van der Waals surface area (Å²) in [6.45, 7) is 3.44. The minimum absolute atomic E-state index is 0. The Morgan fingerprint density at radius 2 is 2.09 bits per heavy atom. The predicted molar refractivity (Wildman–Crippen MR) is 96.4 cm³/mol. The van der Waals surface area contributed by atoms with Crippen LogP contribution in [0, 0.1) is 0 Å². The molecule has 1 aromatic heterocycles. The van der Waals surface area contributed by atoms with E-state index in [-0.39, 0.29) is 24.4 Å². The zero-order valence-electron chi connectivity index (χ0n) is 12.7. The van der Waals surface area contributed by atoms with Crippen LogP contribution in [-0.2, 0) is 17.8 Å². The molecule has 1 fully saturated rings. The van der Waals surface area contributed by atoms with E-state index in [4.69, 9.17) is 0 Å². The van der Waals surface area contributed by atoms with Crippen molar-refractivity contribution in [1.82, 2.24) is 10.2 Å². The highest BCUT2D eigenvalue weighted by Gasteiger charge is 2.32. The van der Waals surface area contributed by atoms with Crippen molar-refractivity contribution in [1.29, 1.82) is 0 Å². The number of hydrogen-bond acceptors (Lipinski definition) is 4. The number of carbonyl (C=O) groups is 1. The standard InChI is InChI=1S/C17H19N3OS.ClH/c21-17-16(14-5-2-10-22-14)20(9-8-19-17)11-13-4-1-3-12-6-7-18-15(12)13;/h1-5,10,16,18H,6-9,11H2,(H,19,21);1H. The number of amides is 1. The topological polar surface area (TPSA) is 44.4 Å². The fourth-order valence-electron chi connectivity index (χ4n) is 3.40. The van der Waals surface area contributed by atoms with Gasteiger partial charge in [0.15, 0.2) is 0 Å². The van der Waals surface area contributed by atoms with E-state index in [2.05, 4.69) is 39.8 Å². The molecule has 2 aromatic rings. The Balaban J connectivity index is 0.00000156. The number of thiophene rings is 1. The quantitative estimate of drug-likeness (QED) is 0.895. The van der Waals surface area contributed by atoms with Crippen molar-refractivity contribution >= 4 is 35.3 Å². The lowest BCUT2D eigenvalue weighted by molar-refractivity contribution is -0.129. The highest BCUT2D eigenvalue weighted by Crippen LogP contribution is 2.32. The van der Waals surface area contributed by atoms with Crippen LogP contribution in [0.5, 0.6) is 0 Å².